The molecule has 8 nitrogen and oxygen atoms in total. The maximum atomic E-state index is 13.0. The number of halogens is 1. The number of carbonyl (C=O) groups is 1. The topological polar surface area (TPSA) is 124 Å². The third-order valence-electron chi connectivity index (χ3n) is 1.70. The number of nitro groups is 2. The second-order valence-corrected chi connectivity index (χ2v) is 2.61. The lowest BCUT2D eigenvalue weighted by Gasteiger charge is -2.00. The Morgan fingerprint density at radius 2 is 1.81 bits per heavy atom. The molecule has 0 heterocycles. The summed E-state index contributed by atoms with van der Waals surface area (Å²) in [5.74, 6) is -3.37. The van der Waals surface area contributed by atoms with Crippen LogP contribution in [0.5, 0.6) is 0 Å². The van der Waals surface area contributed by atoms with Gasteiger partial charge in [0.1, 0.15) is 0 Å². The van der Waals surface area contributed by atoms with Gasteiger partial charge < -0.3 is 5.11 Å². The summed E-state index contributed by atoms with van der Waals surface area (Å²) in [5, 5.41) is 29.4. The summed E-state index contributed by atoms with van der Waals surface area (Å²) in [7, 11) is 0. The van der Waals surface area contributed by atoms with Crippen LogP contribution in [-0.4, -0.2) is 20.9 Å². The molecule has 16 heavy (non-hydrogen) atoms. The highest BCUT2D eigenvalue weighted by Crippen LogP contribution is 2.30. The number of rotatable bonds is 3. The Morgan fingerprint density at radius 1 is 1.25 bits per heavy atom. The molecular formula is C7H3FN2O6. The van der Waals surface area contributed by atoms with Crippen molar-refractivity contribution in [1.29, 1.82) is 0 Å². The highest BCUT2D eigenvalue weighted by molar-refractivity contribution is 5.97. The smallest absolute Gasteiger partial charge is 0.350 e. The van der Waals surface area contributed by atoms with Crippen LogP contribution < -0.4 is 0 Å². The van der Waals surface area contributed by atoms with Crippen LogP contribution in [0.2, 0.25) is 0 Å². The number of aromatic carboxylic acids is 1. The molecule has 0 aromatic heterocycles. The Bertz CT molecular complexity index is 500. The van der Waals surface area contributed by atoms with Crippen molar-refractivity contribution in [2.75, 3.05) is 0 Å². The van der Waals surface area contributed by atoms with Gasteiger partial charge in [0, 0.05) is 6.07 Å². The van der Waals surface area contributed by atoms with E-state index in [1.54, 1.807) is 0 Å². The van der Waals surface area contributed by atoms with Gasteiger partial charge in [-0.05, 0) is 6.07 Å². The number of carboxylic acid groups (broad SMARTS) is 1. The molecule has 0 aliphatic heterocycles. The molecule has 9 heteroatoms. The lowest BCUT2D eigenvalue weighted by atomic mass is 10.1. The van der Waals surface area contributed by atoms with Gasteiger partial charge in [0.05, 0.1) is 9.85 Å². The van der Waals surface area contributed by atoms with Gasteiger partial charge in [0.15, 0.2) is 0 Å². The summed E-state index contributed by atoms with van der Waals surface area (Å²) in [5.41, 5.74) is -3.71. The maximum absolute atomic E-state index is 13.0. The first-order valence-corrected chi connectivity index (χ1v) is 3.70. The molecule has 0 amide bonds. The third-order valence-corrected chi connectivity index (χ3v) is 1.70. The van der Waals surface area contributed by atoms with E-state index in [1.807, 2.05) is 0 Å². The molecule has 0 saturated heterocycles. The third kappa shape index (κ3) is 1.78. The minimum absolute atomic E-state index is 0.475. The van der Waals surface area contributed by atoms with Gasteiger partial charge in [0.25, 0.3) is 5.69 Å². The molecule has 0 aliphatic rings. The number of carboxylic acids is 1. The summed E-state index contributed by atoms with van der Waals surface area (Å²) in [6.45, 7) is 0. The van der Waals surface area contributed by atoms with E-state index in [0.29, 0.717) is 12.1 Å². The van der Waals surface area contributed by atoms with Crippen molar-refractivity contribution in [2.45, 2.75) is 0 Å². The fourth-order valence-corrected chi connectivity index (χ4v) is 1.10. The molecule has 0 aliphatic carbocycles. The zero-order valence-electron chi connectivity index (χ0n) is 7.42. The van der Waals surface area contributed by atoms with Crippen LogP contribution >= 0.6 is 0 Å². The molecular weight excluding hydrogens is 227 g/mol. The molecule has 0 fully saturated rings. The first-order chi connectivity index (χ1) is 7.36. The van der Waals surface area contributed by atoms with Gasteiger partial charge in [-0.25, -0.2) is 4.79 Å². The summed E-state index contributed by atoms with van der Waals surface area (Å²) in [6, 6.07) is 1.04. The van der Waals surface area contributed by atoms with Gasteiger partial charge in [-0.2, -0.15) is 4.39 Å². The second-order valence-electron chi connectivity index (χ2n) is 2.61. The van der Waals surface area contributed by atoms with Gasteiger partial charge in [-0.3, -0.25) is 20.2 Å². The van der Waals surface area contributed by atoms with Crippen molar-refractivity contribution < 1.29 is 24.1 Å². The molecule has 0 bridgehead atoms. The number of hydrogen-bond acceptors (Lipinski definition) is 5. The van der Waals surface area contributed by atoms with E-state index >= 15 is 0 Å². The van der Waals surface area contributed by atoms with E-state index in [4.69, 9.17) is 5.11 Å². The van der Waals surface area contributed by atoms with Crippen LogP contribution in [0.15, 0.2) is 12.1 Å². The fraction of sp³-hybridized carbons (Fsp3) is 0. The van der Waals surface area contributed by atoms with E-state index in [1.165, 1.54) is 0 Å². The van der Waals surface area contributed by atoms with Crippen molar-refractivity contribution in [3.8, 4) is 0 Å². The monoisotopic (exact) mass is 230 g/mol. The van der Waals surface area contributed by atoms with Crippen LogP contribution in [0.1, 0.15) is 10.4 Å². The van der Waals surface area contributed by atoms with Crippen LogP contribution in [0.3, 0.4) is 0 Å². The molecule has 1 rings (SSSR count). The van der Waals surface area contributed by atoms with E-state index in [-0.39, 0.29) is 0 Å². The van der Waals surface area contributed by atoms with Crippen LogP contribution in [0, 0.1) is 26.0 Å². The largest absolute Gasteiger partial charge is 0.477 e. The molecule has 0 atom stereocenters. The predicted octanol–water partition coefficient (Wildman–Crippen LogP) is 1.34. The first-order valence-electron chi connectivity index (χ1n) is 3.70. The van der Waals surface area contributed by atoms with Gasteiger partial charge >= 0.3 is 11.7 Å². The average molecular weight is 230 g/mol. The maximum Gasteiger partial charge on any atom is 0.350 e. The minimum atomic E-state index is -1.93. The molecule has 0 unspecified atom stereocenters. The van der Waals surface area contributed by atoms with Gasteiger partial charge in [-0.15, -0.1) is 0 Å². The zero-order valence-corrected chi connectivity index (χ0v) is 7.42. The summed E-state index contributed by atoms with van der Waals surface area (Å²) < 4.78 is 13.0. The highest BCUT2D eigenvalue weighted by Gasteiger charge is 2.34. The Kier molecular flexibility index (Phi) is 2.79. The second kappa shape index (κ2) is 3.88. The SMILES string of the molecule is O=C(O)c1c([N+](=O)[O-])ccc(F)c1[N+](=O)[O-]. The van der Waals surface area contributed by atoms with Crippen LogP contribution in [0.4, 0.5) is 15.8 Å². The average Bonchev–Trinajstić information content (AvgIpc) is 2.15. The Hall–Kier alpha value is -2.58. The van der Waals surface area contributed by atoms with Crippen LogP contribution in [-0.2, 0) is 0 Å². The van der Waals surface area contributed by atoms with Crippen molar-refractivity contribution in [3.05, 3.63) is 43.7 Å². The van der Waals surface area contributed by atoms with Crippen molar-refractivity contribution in [1.82, 2.24) is 0 Å². The summed E-state index contributed by atoms with van der Waals surface area (Å²) in [6.07, 6.45) is 0. The number of benzene rings is 1. The molecule has 0 radical (unpaired) electrons. The molecule has 84 valence electrons. The standard InChI is InChI=1S/C7H3FN2O6/c8-3-1-2-4(9(13)14)5(7(11)12)6(3)10(15)16/h1-2H,(H,11,12). The van der Waals surface area contributed by atoms with E-state index in [9.17, 15) is 29.4 Å². The normalized spacial score (nSPS) is 9.81. The lowest BCUT2D eigenvalue weighted by molar-refractivity contribution is -0.396. The van der Waals surface area contributed by atoms with E-state index < -0.39 is 38.6 Å². The molecule has 1 aromatic rings. The van der Waals surface area contributed by atoms with Crippen molar-refractivity contribution in [2.24, 2.45) is 0 Å². The number of nitro benzene ring substituents is 2. The van der Waals surface area contributed by atoms with Gasteiger partial charge in [0.2, 0.25) is 11.4 Å². The fourth-order valence-electron chi connectivity index (χ4n) is 1.10. The zero-order chi connectivity index (χ0) is 12.5. The molecule has 1 aromatic carbocycles. The Labute approximate surface area is 86.2 Å². The lowest BCUT2D eigenvalue weighted by Crippen LogP contribution is -2.08. The highest BCUT2D eigenvalue weighted by atomic mass is 19.1. The number of nitrogens with zero attached hydrogens (tertiary/aromatic N) is 2. The Balaban J connectivity index is 3.70. The summed E-state index contributed by atoms with van der Waals surface area (Å²) >= 11 is 0. The molecule has 0 spiro atoms. The van der Waals surface area contributed by atoms with Crippen molar-refractivity contribution >= 4 is 17.3 Å². The summed E-state index contributed by atoms with van der Waals surface area (Å²) in [4.78, 5) is 29.0. The predicted molar refractivity (Wildman–Crippen MR) is 46.7 cm³/mol. The van der Waals surface area contributed by atoms with Crippen LogP contribution in [0.25, 0.3) is 0 Å². The van der Waals surface area contributed by atoms with E-state index in [2.05, 4.69) is 0 Å². The first kappa shape index (κ1) is 11.5. The van der Waals surface area contributed by atoms with Gasteiger partial charge in [-0.1, -0.05) is 0 Å². The Morgan fingerprint density at radius 3 is 2.19 bits per heavy atom. The van der Waals surface area contributed by atoms with E-state index in [0.717, 1.165) is 0 Å². The molecule has 0 saturated carbocycles. The number of hydrogen-bond donors (Lipinski definition) is 1. The quantitative estimate of drug-likeness (QED) is 0.617. The van der Waals surface area contributed by atoms with Crippen molar-refractivity contribution in [3.63, 3.8) is 0 Å². The minimum Gasteiger partial charge on any atom is -0.477 e. The molecule has 1 N–H and O–H groups in total.